The van der Waals surface area contributed by atoms with E-state index in [-0.39, 0.29) is 19.0 Å². The normalized spacial score (nSPS) is 21.3. The van der Waals surface area contributed by atoms with E-state index in [9.17, 15) is 10.2 Å². The molecule has 3 rings (SSSR count). The van der Waals surface area contributed by atoms with Crippen LogP contribution in [0.3, 0.4) is 0 Å². The molecule has 146 valence electrons. The van der Waals surface area contributed by atoms with Gasteiger partial charge in [-0.05, 0) is 80.1 Å². The van der Waals surface area contributed by atoms with E-state index >= 15 is 0 Å². The van der Waals surface area contributed by atoms with Gasteiger partial charge in [-0.25, -0.2) is 0 Å². The van der Waals surface area contributed by atoms with Gasteiger partial charge in [0, 0.05) is 6.54 Å². The zero-order valence-electron chi connectivity index (χ0n) is 16.1. The number of aliphatic hydroxyl groups excluding tert-OH is 1. The van der Waals surface area contributed by atoms with Crippen molar-refractivity contribution in [2.45, 2.75) is 31.8 Å². The van der Waals surface area contributed by atoms with Crippen molar-refractivity contribution in [2.24, 2.45) is 5.92 Å². The van der Waals surface area contributed by atoms with Crippen molar-refractivity contribution in [1.29, 1.82) is 0 Å². The van der Waals surface area contributed by atoms with E-state index in [1.165, 1.54) is 11.1 Å². The summed E-state index contributed by atoms with van der Waals surface area (Å²) in [6.45, 7) is 1.14. The van der Waals surface area contributed by atoms with Crippen LogP contribution in [-0.4, -0.2) is 35.8 Å². The Kier molecular flexibility index (Phi) is 7.91. The van der Waals surface area contributed by atoms with Gasteiger partial charge in [-0.3, -0.25) is 0 Å². The van der Waals surface area contributed by atoms with Crippen LogP contribution in [-0.2, 0) is 6.61 Å². The summed E-state index contributed by atoms with van der Waals surface area (Å²) in [6, 6.07) is 15.9. The van der Waals surface area contributed by atoms with Crippen LogP contribution in [0.15, 0.2) is 54.1 Å². The molecule has 0 saturated heterocycles. The smallest absolute Gasteiger partial charge is 0.115 e. The fourth-order valence-corrected chi connectivity index (χ4v) is 4.10. The highest BCUT2D eigenvalue weighted by atomic mass is 35.5. The van der Waals surface area contributed by atoms with Crippen LogP contribution in [0.4, 0.5) is 0 Å². The lowest BCUT2D eigenvalue weighted by atomic mass is 9.73. The van der Waals surface area contributed by atoms with Gasteiger partial charge in [0.25, 0.3) is 0 Å². The lowest BCUT2D eigenvalue weighted by molar-refractivity contribution is 0.256. The quantitative estimate of drug-likeness (QED) is 0.771. The third-order valence-electron chi connectivity index (χ3n) is 5.29. The molecule has 2 aromatic rings. The monoisotopic (exact) mass is 387 g/mol. The molecule has 0 aromatic heterocycles. The minimum absolute atomic E-state index is 0. The predicted molar refractivity (Wildman–Crippen MR) is 114 cm³/mol. The number of hydrogen-bond donors (Lipinski definition) is 2. The number of aromatic hydroxyl groups is 1. The number of benzene rings is 2. The number of aliphatic hydroxyl groups is 1. The molecule has 2 N–H and O–H groups in total. The summed E-state index contributed by atoms with van der Waals surface area (Å²) < 4.78 is 0. The van der Waals surface area contributed by atoms with Gasteiger partial charge in [-0.15, -0.1) is 12.4 Å². The van der Waals surface area contributed by atoms with Crippen molar-refractivity contribution in [3.05, 3.63) is 70.8 Å². The molecule has 1 fully saturated rings. The zero-order chi connectivity index (χ0) is 18.5. The second kappa shape index (κ2) is 9.93. The van der Waals surface area contributed by atoms with Gasteiger partial charge in [0.2, 0.25) is 0 Å². The first-order valence-corrected chi connectivity index (χ1v) is 9.38. The van der Waals surface area contributed by atoms with Crippen LogP contribution in [0.5, 0.6) is 5.75 Å². The Hall–Kier alpha value is -1.81. The molecule has 0 amide bonds. The topological polar surface area (TPSA) is 43.7 Å². The van der Waals surface area contributed by atoms with Crippen molar-refractivity contribution in [3.8, 4) is 5.75 Å². The molecule has 27 heavy (non-hydrogen) atoms. The molecule has 2 unspecified atom stereocenters. The summed E-state index contributed by atoms with van der Waals surface area (Å²) in [5, 5.41) is 19.3. The molecule has 1 aliphatic carbocycles. The Labute approximate surface area is 168 Å². The number of phenolic OH excluding ortho intramolecular Hbond substituents is 1. The molecule has 4 heteroatoms. The number of hydrogen-bond acceptors (Lipinski definition) is 3. The van der Waals surface area contributed by atoms with Crippen LogP contribution >= 0.6 is 12.4 Å². The van der Waals surface area contributed by atoms with Gasteiger partial charge in [0.05, 0.1) is 6.61 Å². The number of rotatable bonds is 5. The number of halogens is 1. The summed E-state index contributed by atoms with van der Waals surface area (Å²) in [4.78, 5) is 2.26. The maximum atomic E-state index is 9.92. The first-order valence-electron chi connectivity index (χ1n) is 9.38. The fraction of sp³-hybridized carbons (Fsp3) is 0.391. The van der Waals surface area contributed by atoms with E-state index in [0.717, 1.165) is 36.9 Å². The van der Waals surface area contributed by atoms with Gasteiger partial charge in [-0.1, -0.05) is 42.0 Å². The van der Waals surface area contributed by atoms with Crippen molar-refractivity contribution in [1.82, 2.24) is 4.90 Å². The van der Waals surface area contributed by atoms with Crippen LogP contribution < -0.4 is 0 Å². The van der Waals surface area contributed by atoms with Gasteiger partial charge in [-0.2, -0.15) is 0 Å². The van der Waals surface area contributed by atoms with Crippen LogP contribution in [0.1, 0.15) is 41.9 Å². The molecule has 1 saturated carbocycles. The van der Waals surface area contributed by atoms with Crippen molar-refractivity contribution >= 4 is 18.5 Å². The summed E-state index contributed by atoms with van der Waals surface area (Å²) in [7, 11) is 4.26. The second-order valence-electron chi connectivity index (χ2n) is 7.67. The van der Waals surface area contributed by atoms with Gasteiger partial charge in [0.15, 0.2) is 0 Å². The molecule has 1 aliphatic rings. The van der Waals surface area contributed by atoms with Crippen molar-refractivity contribution in [2.75, 3.05) is 20.6 Å². The largest absolute Gasteiger partial charge is 0.508 e. The maximum absolute atomic E-state index is 9.92. The molecule has 2 atom stereocenters. The molecular formula is C23H30ClNO2. The average Bonchev–Trinajstić information content (AvgIpc) is 2.63. The molecular weight excluding hydrogens is 358 g/mol. The zero-order valence-corrected chi connectivity index (χ0v) is 17.0. The standard InChI is InChI=1S/C23H29NO2.ClH/c1-24(2)15-21-10-9-18(11-17-5-3-6-19(12-17)16-25)13-23(21)20-7-4-8-22(26)14-20;/h3-8,11-12,14,21,23,25-26H,9-10,13,15-16H2,1-2H3;1H/b18-11+;. The van der Waals surface area contributed by atoms with Crippen LogP contribution in [0.25, 0.3) is 6.08 Å². The van der Waals surface area contributed by atoms with E-state index in [2.05, 4.69) is 43.3 Å². The molecule has 0 spiro atoms. The minimum Gasteiger partial charge on any atom is -0.508 e. The average molecular weight is 388 g/mol. The molecule has 2 aromatic carbocycles. The SMILES string of the molecule is CN(C)CC1CC/C(=C\c2cccc(CO)c2)CC1c1cccc(O)c1.Cl. The van der Waals surface area contributed by atoms with E-state index in [4.69, 9.17) is 0 Å². The number of allylic oxidation sites excluding steroid dienone is 1. The summed E-state index contributed by atoms with van der Waals surface area (Å²) in [5.41, 5.74) is 4.78. The first-order chi connectivity index (χ1) is 12.5. The molecule has 0 heterocycles. The minimum atomic E-state index is 0. The van der Waals surface area contributed by atoms with E-state index in [1.54, 1.807) is 6.07 Å². The fourth-order valence-electron chi connectivity index (χ4n) is 4.10. The van der Waals surface area contributed by atoms with Gasteiger partial charge >= 0.3 is 0 Å². The third kappa shape index (κ3) is 5.83. The Balaban J connectivity index is 0.00000261. The van der Waals surface area contributed by atoms with Crippen LogP contribution in [0, 0.1) is 5.92 Å². The van der Waals surface area contributed by atoms with Gasteiger partial charge < -0.3 is 15.1 Å². The molecule has 3 nitrogen and oxygen atoms in total. The highest BCUT2D eigenvalue weighted by Crippen LogP contribution is 2.42. The lowest BCUT2D eigenvalue weighted by Crippen LogP contribution is -2.29. The van der Waals surface area contributed by atoms with E-state index < -0.39 is 0 Å². The Bertz CT molecular complexity index is 772. The third-order valence-corrected chi connectivity index (χ3v) is 5.29. The van der Waals surface area contributed by atoms with Gasteiger partial charge in [0.1, 0.15) is 5.75 Å². The Morgan fingerprint density at radius 3 is 2.59 bits per heavy atom. The summed E-state index contributed by atoms with van der Waals surface area (Å²) in [5.74, 6) is 1.36. The molecule has 0 bridgehead atoms. The highest BCUT2D eigenvalue weighted by Gasteiger charge is 2.29. The van der Waals surface area contributed by atoms with Crippen molar-refractivity contribution < 1.29 is 10.2 Å². The first kappa shape index (κ1) is 21.5. The van der Waals surface area contributed by atoms with Crippen molar-refractivity contribution in [3.63, 3.8) is 0 Å². The van der Waals surface area contributed by atoms with Crippen LogP contribution in [0.2, 0.25) is 0 Å². The highest BCUT2D eigenvalue weighted by molar-refractivity contribution is 5.85. The van der Waals surface area contributed by atoms with E-state index in [0.29, 0.717) is 17.6 Å². The molecule has 0 aliphatic heterocycles. The Morgan fingerprint density at radius 2 is 1.89 bits per heavy atom. The maximum Gasteiger partial charge on any atom is 0.115 e. The summed E-state index contributed by atoms with van der Waals surface area (Å²) >= 11 is 0. The number of nitrogens with zero attached hydrogens (tertiary/aromatic N) is 1. The molecule has 0 radical (unpaired) electrons. The number of phenols is 1. The summed E-state index contributed by atoms with van der Waals surface area (Å²) in [6.07, 6.45) is 5.56. The van der Waals surface area contributed by atoms with E-state index in [1.807, 2.05) is 24.3 Å². The predicted octanol–water partition coefficient (Wildman–Crippen LogP) is 4.84. The second-order valence-corrected chi connectivity index (χ2v) is 7.67. The lowest BCUT2D eigenvalue weighted by Gasteiger charge is -2.35. The Morgan fingerprint density at radius 1 is 1.11 bits per heavy atom.